The molecule has 0 bridgehead atoms. The normalized spacial score (nSPS) is 15.4. The van der Waals surface area contributed by atoms with E-state index in [9.17, 15) is 14.5 Å². The van der Waals surface area contributed by atoms with E-state index in [0.29, 0.717) is 17.9 Å². The van der Waals surface area contributed by atoms with Gasteiger partial charge in [0.05, 0.1) is 4.92 Å². The molecule has 3 rings (SSSR count). The molecule has 5 nitrogen and oxygen atoms in total. The summed E-state index contributed by atoms with van der Waals surface area (Å²) in [5.74, 6) is 0.420. The number of aryl methyl sites for hydroxylation is 1. The van der Waals surface area contributed by atoms with E-state index in [4.69, 9.17) is 0 Å². The summed E-state index contributed by atoms with van der Waals surface area (Å²) >= 11 is 0. The van der Waals surface area contributed by atoms with E-state index >= 15 is 0 Å². The van der Waals surface area contributed by atoms with Crippen LogP contribution in [0.1, 0.15) is 24.0 Å². The van der Waals surface area contributed by atoms with Crippen LogP contribution in [-0.4, -0.2) is 16.5 Å². The molecule has 0 unspecified atom stereocenters. The molecular weight excluding hydrogens is 285 g/mol. The summed E-state index contributed by atoms with van der Waals surface area (Å²) < 4.78 is 14.0. The van der Waals surface area contributed by atoms with Crippen molar-refractivity contribution in [1.29, 1.82) is 0 Å². The van der Waals surface area contributed by atoms with Crippen molar-refractivity contribution in [1.82, 2.24) is 4.98 Å². The van der Waals surface area contributed by atoms with E-state index < -0.39 is 4.92 Å². The highest BCUT2D eigenvalue weighted by Crippen LogP contribution is 2.49. The maximum absolute atomic E-state index is 14.0. The Balaban J connectivity index is 1.76. The summed E-state index contributed by atoms with van der Waals surface area (Å²) in [6.45, 7) is 2.34. The maximum Gasteiger partial charge on any atom is 0.287 e. The second-order valence-corrected chi connectivity index (χ2v) is 5.73. The molecule has 1 saturated carbocycles. The molecule has 2 aromatic rings. The SMILES string of the molecule is Cc1cc([N+](=O)[O-])cnc1NCC1(c2ccccc2F)CC1. The number of anilines is 1. The monoisotopic (exact) mass is 301 g/mol. The van der Waals surface area contributed by atoms with Gasteiger partial charge in [-0.15, -0.1) is 0 Å². The van der Waals surface area contributed by atoms with Gasteiger partial charge in [-0.1, -0.05) is 18.2 Å². The van der Waals surface area contributed by atoms with Gasteiger partial charge in [-0.05, 0) is 37.0 Å². The molecule has 0 saturated heterocycles. The van der Waals surface area contributed by atoms with Crippen LogP contribution in [0.4, 0.5) is 15.9 Å². The van der Waals surface area contributed by atoms with Gasteiger partial charge in [-0.25, -0.2) is 9.37 Å². The third-order valence-electron chi connectivity index (χ3n) is 4.17. The lowest BCUT2D eigenvalue weighted by atomic mass is 9.95. The fourth-order valence-corrected chi connectivity index (χ4v) is 2.68. The Kier molecular flexibility index (Phi) is 3.52. The van der Waals surface area contributed by atoms with Crippen molar-refractivity contribution < 1.29 is 9.31 Å². The molecule has 0 atom stereocenters. The second-order valence-electron chi connectivity index (χ2n) is 5.73. The minimum Gasteiger partial charge on any atom is -0.369 e. The largest absolute Gasteiger partial charge is 0.369 e. The number of nitrogens with zero attached hydrogens (tertiary/aromatic N) is 2. The van der Waals surface area contributed by atoms with Crippen molar-refractivity contribution in [3.63, 3.8) is 0 Å². The number of hydrogen-bond donors (Lipinski definition) is 1. The van der Waals surface area contributed by atoms with E-state index in [-0.39, 0.29) is 16.9 Å². The number of benzene rings is 1. The molecule has 0 amide bonds. The molecule has 6 heteroatoms. The van der Waals surface area contributed by atoms with Crippen LogP contribution in [-0.2, 0) is 5.41 Å². The summed E-state index contributed by atoms with van der Waals surface area (Å²) in [4.78, 5) is 14.4. The van der Waals surface area contributed by atoms with Crippen LogP contribution in [0, 0.1) is 22.9 Å². The molecule has 0 spiro atoms. The number of aromatic nitrogens is 1. The van der Waals surface area contributed by atoms with E-state index in [0.717, 1.165) is 18.4 Å². The van der Waals surface area contributed by atoms with Gasteiger partial charge in [-0.2, -0.15) is 0 Å². The number of nitro groups is 1. The summed E-state index contributed by atoms with van der Waals surface area (Å²) in [5, 5.41) is 13.9. The van der Waals surface area contributed by atoms with Crippen LogP contribution in [0.25, 0.3) is 0 Å². The van der Waals surface area contributed by atoms with Gasteiger partial charge in [0.2, 0.25) is 0 Å². The van der Waals surface area contributed by atoms with Gasteiger partial charge in [-0.3, -0.25) is 10.1 Å². The van der Waals surface area contributed by atoms with Gasteiger partial charge in [0.15, 0.2) is 0 Å². The van der Waals surface area contributed by atoms with Gasteiger partial charge < -0.3 is 5.32 Å². The zero-order valence-electron chi connectivity index (χ0n) is 12.2. The van der Waals surface area contributed by atoms with Gasteiger partial charge in [0.25, 0.3) is 5.69 Å². The van der Waals surface area contributed by atoms with E-state index in [2.05, 4.69) is 10.3 Å². The Morgan fingerprint density at radius 3 is 2.73 bits per heavy atom. The highest BCUT2D eigenvalue weighted by atomic mass is 19.1. The molecule has 114 valence electrons. The number of pyridine rings is 1. The number of nitrogens with one attached hydrogen (secondary N) is 1. The Morgan fingerprint density at radius 1 is 1.41 bits per heavy atom. The number of hydrogen-bond acceptors (Lipinski definition) is 4. The minimum absolute atomic E-state index is 0.0294. The van der Waals surface area contributed by atoms with Crippen LogP contribution in [0.2, 0.25) is 0 Å². The van der Waals surface area contributed by atoms with Crippen LogP contribution in [0.5, 0.6) is 0 Å². The third kappa shape index (κ3) is 2.64. The van der Waals surface area contributed by atoms with Crippen LogP contribution in [0.15, 0.2) is 36.5 Å². The highest BCUT2D eigenvalue weighted by molar-refractivity contribution is 5.49. The summed E-state index contributed by atoms with van der Waals surface area (Å²) in [6, 6.07) is 8.31. The lowest BCUT2D eigenvalue weighted by Crippen LogP contribution is -2.21. The molecule has 22 heavy (non-hydrogen) atoms. The highest BCUT2D eigenvalue weighted by Gasteiger charge is 2.45. The average molecular weight is 301 g/mol. The van der Waals surface area contributed by atoms with E-state index in [1.54, 1.807) is 13.0 Å². The zero-order chi connectivity index (χ0) is 15.7. The zero-order valence-corrected chi connectivity index (χ0v) is 12.2. The molecule has 0 radical (unpaired) electrons. The van der Waals surface area contributed by atoms with Crippen molar-refractivity contribution in [2.75, 3.05) is 11.9 Å². The molecule has 0 aliphatic heterocycles. The fraction of sp³-hybridized carbons (Fsp3) is 0.312. The standard InChI is InChI=1S/C16H16FN3O2/c1-11-8-12(20(21)22)9-18-15(11)19-10-16(6-7-16)13-4-2-3-5-14(13)17/h2-5,8-9H,6-7,10H2,1H3,(H,18,19). The van der Waals surface area contributed by atoms with Crippen molar-refractivity contribution >= 4 is 11.5 Å². The molecule has 1 N–H and O–H groups in total. The topological polar surface area (TPSA) is 68.1 Å². The maximum atomic E-state index is 14.0. The van der Waals surface area contributed by atoms with Crippen molar-refractivity contribution in [2.24, 2.45) is 0 Å². The molecule has 1 fully saturated rings. The second kappa shape index (κ2) is 5.36. The summed E-state index contributed by atoms with van der Waals surface area (Å²) in [6.07, 6.45) is 3.08. The Morgan fingerprint density at radius 2 is 2.14 bits per heavy atom. The predicted octanol–water partition coefficient (Wildman–Crippen LogP) is 3.58. The molecular formula is C16H16FN3O2. The molecule has 1 heterocycles. The van der Waals surface area contributed by atoms with Crippen LogP contribution in [0.3, 0.4) is 0 Å². The first-order valence-corrected chi connectivity index (χ1v) is 7.12. The Hall–Kier alpha value is -2.50. The fourth-order valence-electron chi connectivity index (χ4n) is 2.68. The van der Waals surface area contributed by atoms with Crippen LogP contribution < -0.4 is 5.32 Å². The Labute approximate surface area is 127 Å². The molecule has 1 aromatic heterocycles. The smallest absolute Gasteiger partial charge is 0.287 e. The Bertz CT molecular complexity index is 729. The summed E-state index contributed by atoms with van der Waals surface area (Å²) in [5.41, 5.74) is 1.21. The first kappa shape index (κ1) is 14.4. The van der Waals surface area contributed by atoms with Crippen LogP contribution >= 0.6 is 0 Å². The molecule has 1 aromatic carbocycles. The number of rotatable bonds is 5. The predicted molar refractivity (Wildman–Crippen MR) is 81.4 cm³/mol. The third-order valence-corrected chi connectivity index (χ3v) is 4.17. The number of halogens is 1. The van der Waals surface area contributed by atoms with E-state index in [1.165, 1.54) is 18.3 Å². The van der Waals surface area contributed by atoms with Gasteiger partial charge in [0.1, 0.15) is 17.8 Å². The van der Waals surface area contributed by atoms with Crippen molar-refractivity contribution in [3.05, 3.63) is 63.6 Å². The summed E-state index contributed by atoms with van der Waals surface area (Å²) in [7, 11) is 0. The lowest BCUT2D eigenvalue weighted by molar-refractivity contribution is -0.385. The van der Waals surface area contributed by atoms with E-state index in [1.807, 2.05) is 12.1 Å². The minimum atomic E-state index is -0.467. The van der Waals surface area contributed by atoms with Crippen molar-refractivity contribution in [2.45, 2.75) is 25.2 Å². The van der Waals surface area contributed by atoms with Gasteiger partial charge >= 0.3 is 0 Å². The molecule has 1 aliphatic rings. The van der Waals surface area contributed by atoms with Crippen molar-refractivity contribution in [3.8, 4) is 0 Å². The average Bonchev–Trinajstić information content (AvgIpc) is 3.27. The molecule has 1 aliphatic carbocycles. The quantitative estimate of drug-likeness (QED) is 0.677. The first-order chi connectivity index (χ1) is 10.5. The van der Waals surface area contributed by atoms with Gasteiger partial charge in [0, 0.05) is 18.0 Å². The lowest BCUT2D eigenvalue weighted by Gasteiger charge is -2.18. The first-order valence-electron chi connectivity index (χ1n) is 7.12.